The molecule has 10 nitrogen and oxygen atoms in total. The Morgan fingerprint density at radius 1 is 1.17 bits per heavy atom. The van der Waals surface area contributed by atoms with Crippen molar-refractivity contribution in [2.24, 2.45) is 0 Å². The van der Waals surface area contributed by atoms with Crippen LogP contribution in [-0.4, -0.2) is 64.7 Å². The maximum Gasteiger partial charge on any atom is 0.315 e. The minimum atomic E-state index is -3.76. The molecule has 2 rings (SSSR count). The van der Waals surface area contributed by atoms with Crippen LogP contribution in [0.4, 0.5) is 10.5 Å². The molecule has 162 valence electrons. The molecule has 4 N–H and O–H groups in total. The molecule has 1 fully saturated rings. The van der Waals surface area contributed by atoms with E-state index in [1.54, 1.807) is 12.1 Å². The quantitative estimate of drug-likeness (QED) is 0.320. The van der Waals surface area contributed by atoms with Gasteiger partial charge in [-0.25, -0.2) is 13.2 Å². The molecule has 0 atom stereocenters. The Balaban J connectivity index is 1.82. The lowest BCUT2D eigenvalue weighted by Crippen LogP contribution is -2.42. The summed E-state index contributed by atoms with van der Waals surface area (Å²) < 4.78 is 26.4. The summed E-state index contributed by atoms with van der Waals surface area (Å²) in [5.74, 6) is -0.293. The minimum absolute atomic E-state index is 0.0586. The molecule has 0 bridgehead atoms. The lowest BCUT2D eigenvalue weighted by molar-refractivity contribution is -0.119. The lowest BCUT2D eigenvalue weighted by Gasteiger charge is -2.21. The molecule has 1 aromatic carbocycles. The first kappa shape index (κ1) is 22.9. The predicted molar refractivity (Wildman–Crippen MR) is 109 cm³/mol. The monoisotopic (exact) mass is 427 g/mol. The summed E-state index contributed by atoms with van der Waals surface area (Å²) in [6, 6.07) is 5.96. The SMILES string of the molecule is CNC(=O)CNC(=O)NCCNc1cccc(S(=O)(=O)N(C)OC2CCCC2)c1. The number of carbonyl (C=O) groups is 2. The molecule has 1 saturated carbocycles. The number of benzene rings is 1. The van der Waals surface area contributed by atoms with Crippen molar-refractivity contribution in [1.82, 2.24) is 20.4 Å². The Hall–Kier alpha value is -2.37. The Kier molecular flexibility index (Phi) is 8.68. The highest BCUT2D eigenvalue weighted by molar-refractivity contribution is 7.89. The van der Waals surface area contributed by atoms with Crippen LogP contribution in [-0.2, 0) is 19.7 Å². The second-order valence-electron chi connectivity index (χ2n) is 6.66. The zero-order valence-corrected chi connectivity index (χ0v) is 17.5. The van der Waals surface area contributed by atoms with E-state index in [4.69, 9.17) is 4.84 Å². The van der Waals surface area contributed by atoms with Crippen molar-refractivity contribution in [3.8, 4) is 0 Å². The second-order valence-corrected chi connectivity index (χ2v) is 8.60. The summed E-state index contributed by atoms with van der Waals surface area (Å²) in [5, 5.41) is 10.5. The van der Waals surface area contributed by atoms with E-state index in [0.717, 1.165) is 30.2 Å². The third-order valence-corrected chi connectivity index (χ3v) is 6.11. The number of nitrogens with zero attached hydrogens (tertiary/aromatic N) is 1. The van der Waals surface area contributed by atoms with Gasteiger partial charge in [-0.3, -0.25) is 9.63 Å². The molecule has 0 aromatic heterocycles. The van der Waals surface area contributed by atoms with Crippen molar-refractivity contribution in [2.75, 3.05) is 39.0 Å². The number of hydroxylamine groups is 1. The number of amides is 3. The third-order valence-electron chi connectivity index (χ3n) is 4.50. The lowest BCUT2D eigenvalue weighted by atomic mass is 10.3. The van der Waals surface area contributed by atoms with Crippen LogP contribution in [0.5, 0.6) is 0 Å². The van der Waals surface area contributed by atoms with Gasteiger partial charge in [-0.15, -0.1) is 0 Å². The molecule has 3 amide bonds. The fourth-order valence-electron chi connectivity index (χ4n) is 2.87. The summed E-state index contributed by atoms with van der Waals surface area (Å²) in [5.41, 5.74) is 0.605. The molecule has 0 unspecified atom stereocenters. The van der Waals surface area contributed by atoms with Crippen molar-refractivity contribution in [1.29, 1.82) is 0 Å². The highest BCUT2D eigenvalue weighted by atomic mass is 32.2. The number of urea groups is 1. The molecule has 1 aromatic rings. The van der Waals surface area contributed by atoms with E-state index in [1.165, 1.54) is 26.2 Å². The summed E-state index contributed by atoms with van der Waals surface area (Å²) in [7, 11) is -0.861. The molecule has 0 saturated heterocycles. The van der Waals surface area contributed by atoms with Gasteiger partial charge in [0.1, 0.15) is 0 Å². The van der Waals surface area contributed by atoms with Crippen molar-refractivity contribution >= 4 is 27.6 Å². The molecule has 0 heterocycles. The van der Waals surface area contributed by atoms with Crippen molar-refractivity contribution in [3.63, 3.8) is 0 Å². The molecule has 1 aliphatic carbocycles. The Morgan fingerprint density at radius 3 is 2.59 bits per heavy atom. The van der Waals surface area contributed by atoms with Crippen molar-refractivity contribution < 1.29 is 22.8 Å². The topological polar surface area (TPSA) is 129 Å². The molecule has 1 aliphatic rings. The van der Waals surface area contributed by atoms with E-state index in [0.29, 0.717) is 18.8 Å². The van der Waals surface area contributed by atoms with Crippen LogP contribution in [0, 0.1) is 0 Å². The van der Waals surface area contributed by atoms with Crippen LogP contribution in [0.25, 0.3) is 0 Å². The molecule has 0 aliphatic heterocycles. The molecule has 11 heteroatoms. The van der Waals surface area contributed by atoms with Crippen LogP contribution in [0.3, 0.4) is 0 Å². The summed E-state index contributed by atoms with van der Waals surface area (Å²) in [4.78, 5) is 28.3. The molecule has 0 radical (unpaired) electrons. The van der Waals surface area contributed by atoms with E-state index >= 15 is 0 Å². The van der Waals surface area contributed by atoms with Crippen LogP contribution < -0.4 is 21.3 Å². The van der Waals surface area contributed by atoms with Gasteiger partial charge in [0.2, 0.25) is 5.91 Å². The van der Waals surface area contributed by atoms with Gasteiger partial charge < -0.3 is 21.3 Å². The zero-order valence-electron chi connectivity index (χ0n) is 16.7. The number of sulfonamides is 1. The van der Waals surface area contributed by atoms with Crippen molar-refractivity contribution in [3.05, 3.63) is 24.3 Å². The van der Waals surface area contributed by atoms with Crippen LogP contribution in [0.1, 0.15) is 25.7 Å². The fraction of sp³-hybridized carbons (Fsp3) is 0.556. The van der Waals surface area contributed by atoms with Gasteiger partial charge in [0, 0.05) is 32.9 Å². The smallest absolute Gasteiger partial charge is 0.315 e. The predicted octanol–water partition coefficient (Wildman–Crippen LogP) is 0.638. The number of carbonyl (C=O) groups excluding carboxylic acids is 2. The number of hydrogen-bond donors (Lipinski definition) is 4. The average molecular weight is 428 g/mol. The van der Waals surface area contributed by atoms with E-state index in [1.807, 2.05) is 0 Å². The van der Waals surface area contributed by atoms with Gasteiger partial charge in [0.05, 0.1) is 17.5 Å². The number of rotatable bonds is 10. The highest BCUT2D eigenvalue weighted by Crippen LogP contribution is 2.25. The van der Waals surface area contributed by atoms with Gasteiger partial charge in [-0.05, 0) is 31.0 Å². The summed E-state index contributed by atoms with van der Waals surface area (Å²) in [6.07, 6.45) is 3.78. The van der Waals surface area contributed by atoms with Gasteiger partial charge >= 0.3 is 6.03 Å². The van der Waals surface area contributed by atoms with Gasteiger partial charge in [0.25, 0.3) is 10.0 Å². The summed E-state index contributed by atoms with van der Waals surface area (Å²) in [6.45, 7) is 0.568. The van der Waals surface area contributed by atoms with E-state index in [9.17, 15) is 18.0 Å². The minimum Gasteiger partial charge on any atom is -0.383 e. The van der Waals surface area contributed by atoms with Crippen LogP contribution in [0.2, 0.25) is 0 Å². The molecule has 29 heavy (non-hydrogen) atoms. The first-order valence-corrected chi connectivity index (χ1v) is 11.0. The fourth-order valence-corrected chi connectivity index (χ4v) is 3.93. The Labute approximate surface area is 171 Å². The normalized spacial score (nSPS) is 14.6. The zero-order chi connectivity index (χ0) is 21.3. The van der Waals surface area contributed by atoms with Crippen LogP contribution >= 0.6 is 0 Å². The standard InChI is InChI=1S/C18H29N5O5S/c1-19-17(24)13-22-18(25)21-11-10-20-14-6-5-9-16(12-14)29(26,27)23(2)28-15-7-3-4-8-15/h5-6,9,12,15,20H,3-4,7-8,10-11,13H2,1-2H3,(H,19,24)(H2,21,22,25). The first-order chi connectivity index (χ1) is 13.8. The van der Waals surface area contributed by atoms with Gasteiger partial charge in [-0.1, -0.05) is 23.4 Å². The number of likely N-dealkylation sites (N-methyl/N-ethyl adjacent to an activating group) is 1. The van der Waals surface area contributed by atoms with Crippen molar-refractivity contribution in [2.45, 2.75) is 36.7 Å². The highest BCUT2D eigenvalue weighted by Gasteiger charge is 2.26. The Morgan fingerprint density at radius 2 is 1.90 bits per heavy atom. The van der Waals surface area contributed by atoms with E-state index in [-0.39, 0.29) is 23.5 Å². The van der Waals surface area contributed by atoms with E-state index < -0.39 is 16.1 Å². The Bertz CT molecular complexity index is 796. The number of anilines is 1. The van der Waals surface area contributed by atoms with E-state index in [2.05, 4.69) is 21.3 Å². The number of hydrogen-bond acceptors (Lipinski definition) is 6. The molecular formula is C18H29N5O5S. The first-order valence-electron chi connectivity index (χ1n) is 9.55. The second kappa shape index (κ2) is 11.0. The number of nitrogens with one attached hydrogen (secondary N) is 4. The molecular weight excluding hydrogens is 398 g/mol. The third kappa shape index (κ3) is 7.18. The van der Waals surface area contributed by atoms with Gasteiger partial charge in [-0.2, -0.15) is 0 Å². The largest absolute Gasteiger partial charge is 0.383 e. The van der Waals surface area contributed by atoms with Gasteiger partial charge in [0.15, 0.2) is 0 Å². The summed E-state index contributed by atoms with van der Waals surface area (Å²) >= 11 is 0. The maximum atomic E-state index is 12.7. The average Bonchev–Trinajstić information content (AvgIpc) is 3.22. The maximum absolute atomic E-state index is 12.7. The van der Waals surface area contributed by atoms with Crippen LogP contribution in [0.15, 0.2) is 29.2 Å². The molecule has 0 spiro atoms.